The zero-order valence-corrected chi connectivity index (χ0v) is 17.2. The molecule has 10 heteroatoms. The normalized spacial score (nSPS) is 15.6. The largest absolute Gasteiger partial charge is 0.486 e. The van der Waals surface area contributed by atoms with Crippen LogP contribution in [0.3, 0.4) is 0 Å². The van der Waals surface area contributed by atoms with Crippen molar-refractivity contribution >= 4 is 23.4 Å². The van der Waals surface area contributed by atoms with Gasteiger partial charge in [-0.3, -0.25) is 0 Å². The molecular weight excluding hydrogens is 398 g/mol. The standard InChI is InChI=1S/C21H23N7O3/c1-13-18(14-11-23-20(22)24-12-14)26-21(28-4-6-29-7-5-28)27-19(13)25-15-2-3-16-17(10-15)31-9-8-30-16/h2-3,10-12H,4-9H2,1H3,(H2,22,23,24)(H,25,26,27). The Morgan fingerprint density at radius 1 is 0.968 bits per heavy atom. The molecular formula is C21H23N7O3. The zero-order valence-electron chi connectivity index (χ0n) is 17.2. The van der Waals surface area contributed by atoms with Gasteiger partial charge in [0.25, 0.3) is 0 Å². The van der Waals surface area contributed by atoms with Crippen LogP contribution in [-0.2, 0) is 4.74 Å². The summed E-state index contributed by atoms with van der Waals surface area (Å²) in [6.07, 6.45) is 3.35. The molecule has 1 fully saturated rings. The first kappa shape index (κ1) is 19.3. The Morgan fingerprint density at radius 2 is 1.71 bits per heavy atom. The Labute approximate surface area is 179 Å². The monoisotopic (exact) mass is 421 g/mol. The van der Waals surface area contributed by atoms with E-state index in [1.54, 1.807) is 12.4 Å². The van der Waals surface area contributed by atoms with E-state index in [9.17, 15) is 0 Å². The fourth-order valence-corrected chi connectivity index (χ4v) is 3.53. The highest BCUT2D eigenvalue weighted by molar-refractivity contribution is 5.73. The Kier molecular flexibility index (Phi) is 5.13. The maximum atomic E-state index is 5.71. The van der Waals surface area contributed by atoms with Crippen LogP contribution in [0.25, 0.3) is 11.3 Å². The number of nitrogens with zero attached hydrogens (tertiary/aromatic N) is 5. The van der Waals surface area contributed by atoms with Gasteiger partial charge in [-0.15, -0.1) is 0 Å². The molecule has 160 valence electrons. The van der Waals surface area contributed by atoms with Crippen LogP contribution in [0, 0.1) is 6.92 Å². The number of nitrogens with two attached hydrogens (primary N) is 1. The van der Waals surface area contributed by atoms with Crippen LogP contribution in [0.4, 0.5) is 23.4 Å². The van der Waals surface area contributed by atoms with Crippen molar-refractivity contribution in [1.82, 2.24) is 19.9 Å². The summed E-state index contributed by atoms with van der Waals surface area (Å²) >= 11 is 0. The highest BCUT2D eigenvalue weighted by Crippen LogP contribution is 2.35. The molecule has 2 aliphatic rings. The molecule has 0 aliphatic carbocycles. The molecule has 3 N–H and O–H groups in total. The summed E-state index contributed by atoms with van der Waals surface area (Å²) in [6, 6.07) is 5.75. The van der Waals surface area contributed by atoms with Crippen LogP contribution in [0.15, 0.2) is 30.6 Å². The van der Waals surface area contributed by atoms with E-state index in [2.05, 4.69) is 20.2 Å². The molecule has 0 atom stereocenters. The minimum Gasteiger partial charge on any atom is -0.486 e. The topological polar surface area (TPSA) is 121 Å². The van der Waals surface area contributed by atoms with Gasteiger partial charge in [-0.25, -0.2) is 15.0 Å². The van der Waals surface area contributed by atoms with Crippen LogP contribution >= 0.6 is 0 Å². The van der Waals surface area contributed by atoms with E-state index in [0.29, 0.717) is 43.9 Å². The summed E-state index contributed by atoms with van der Waals surface area (Å²) < 4.78 is 16.8. The second kappa shape index (κ2) is 8.23. The Hall–Kier alpha value is -3.66. The Balaban J connectivity index is 1.55. The highest BCUT2D eigenvalue weighted by atomic mass is 16.6. The van der Waals surface area contributed by atoms with Gasteiger partial charge in [-0.2, -0.15) is 4.98 Å². The quantitative estimate of drug-likeness (QED) is 0.648. The van der Waals surface area contributed by atoms with Gasteiger partial charge in [0.15, 0.2) is 11.5 Å². The van der Waals surface area contributed by atoms with Crippen LogP contribution in [0.5, 0.6) is 11.5 Å². The van der Waals surface area contributed by atoms with Crippen LogP contribution in [0.1, 0.15) is 5.56 Å². The second-order valence-electron chi connectivity index (χ2n) is 7.26. The average molecular weight is 421 g/mol. The molecule has 2 aromatic heterocycles. The van der Waals surface area contributed by atoms with Gasteiger partial charge >= 0.3 is 0 Å². The van der Waals surface area contributed by atoms with Crippen molar-refractivity contribution < 1.29 is 14.2 Å². The number of hydrogen-bond donors (Lipinski definition) is 2. The fraction of sp³-hybridized carbons (Fsp3) is 0.333. The van der Waals surface area contributed by atoms with Gasteiger partial charge in [-0.05, 0) is 19.1 Å². The van der Waals surface area contributed by atoms with Crippen molar-refractivity contribution in [2.45, 2.75) is 6.92 Å². The van der Waals surface area contributed by atoms with E-state index in [1.165, 1.54) is 0 Å². The summed E-state index contributed by atoms with van der Waals surface area (Å²) in [7, 11) is 0. The van der Waals surface area contributed by atoms with Crippen molar-refractivity contribution in [2.24, 2.45) is 0 Å². The van der Waals surface area contributed by atoms with Gasteiger partial charge in [0.05, 0.1) is 18.9 Å². The molecule has 3 aromatic rings. The molecule has 31 heavy (non-hydrogen) atoms. The first-order chi connectivity index (χ1) is 15.2. The molecule has 1 aromatic carbocycles. The molecule has 5 rings (SSSR count). The van der Waals surface area contributed by atoms with Crippen molar-refractivity contribution in [3.63, 3.8) is 0 Å². The van der Waals surface area contributed by atoms with E-state index in [1.807, 2.05) is 25.1 Å². The second-order valence-corrected chi connectivity index (χ2v) is 7.26. The first-order valence-corrected chi connectivity index (χ1v) is 10.1. The minimum absolute atomic E-state index is 0.221. The minimum atomic E-state index is 0.221. The maximum absolute atomic E-state index is 5.71. The van der Waals surface area contributed by atoms with Gasteiger partial charge in [0.2, 0.25) is 11.9 Å². The highest BCUT2D eigenvalue weighted by Gasteiger charge is 2.20. The fourth-order valence-electron chi connectivity index (χ4n) is 3.53. The summed E-state index contributed by atoms with van der Waals surface area (Å²) in [5.41, 5.74) is 8.91. The van der Waals surface area contributed by atoms with Gasteiger partial charge < -0.3 is 30.2 Å². The molecule has 0 amide bonds. The third-order valence-electron chi connectivity index (χ3n) is 5.18. The van der Waals surface area contributed by atoms with Crippen molar-refractivity contribution in [3.8, 4) is 22.8 Å². The van der Waals surface area contributed by atoms with E-state index in [4.69, 9.17) is 29.9 Å². The lowest BCUT2D eigenvalue weighted by Gasteiger charge is -2.28. The number of ether oxygens (including phenoxy) is 3. The Morgan fingerprint density at radius 3 is 2.48 bits per heavy atom. The third kappa shape index (κ3) is 4.02. The number of morpholine rings is 1. The van der Waals surface area contributed by atoms with E-state index in [-0.39, 0.29) is 5.95 Å². The van der Waals surface area contributed by atoms with Crippen LogP contribution in [-0.4, -0.2) is 59.5 Å². The molecule has 0 radical (unpaired) electrons. The lowest BCUT2D eigenvalue weighted by molar-refractivity contribution is 0.122. The summed E-state index contributed by atoms with van der Waals surface area (Å²) in [5, 5.41) is 3.41. The van der Waals surface area contributed by atoms with Crippen LogP contribution < -0.4 is 25.4 Å². The molecule has 10 nitrogen and oxygen atoms in total. The number of fused-ring (bicyclic) bond motifs is 1. The Bertz CT molecular complexity index is 1090. The average Bonchev–Trinajstić information content (AvgIpc) is 2.81. The molecule has 0 bridgehead atoms. The number of nitrogen functional groups attached to an aromatic ring is 1. The number of benzene rings is 1. The molecule has 2 aliphatic heterocycles. The first-order valence-electron chi connectivity index (χ1n) is 10.1. The zero-order chi connectivity index (χ0) is 21.2. The molecule has 0 spiro atoms. The van der Waals surface area contributed by atoms with E-state index in [0.717, 1.165) is 41.3 Å². The number of rotatable bonds is 4. The smallest absolute Gasteiger partial charge is 0.228 e. The summed E-state index contributed by atoms with van der Waals surface area (Å²) in [4.78, 5) is 20.0. The van der Waals surface area contributed by atoms with Gasteiger partial charge in [0, 0.05) is 48.4 Å². The number of anilines is 4. The van der Waals surface area contributed by atoms with Crippen molar-refractivity contribution in [2.75, 3.05) is 55.5 Å². The van der Waals surface area contributed by atoms with E-state index >= 15 is 0 Å². The lowest BCUT2D eigenvalue weighted by atomic mass is 10.1. The van der Waals surface area contributed by atoms with Crippen molar-refractivity contribution in [3.05, 3.63) is 36.2 Å². The number of aromatic nitrogens is 4. The molecule has 1 saturated heterocycles. The maximum Gasteiger partial charge on any atom is 0.228 e. The van der Waals surface area contributed by atoms with Crippen molar-refractivity contribution in [1.29, 1.82) is 0 Å². The predicted molar refractivity (Wildman–Crippen MR) is 116 cm³/mol. The molecule has 4 heterocycles. The van der Waals surface area contributed by atoms with Crippen LogP contribution in [0.2, 0.25) is 0 Å². The predicted octanol–water partition coefficient (Wildman–Crippen LogP) is 2.18. The number of hydrogen-bond acceptors (Lipinski definition) is 10. The SMILES string of the molecule is Cc1c(Nc2ccc3c(c2)OCCO3)nc(N2CCOCC2)nc1-c1cnc(N)nc1. The van der Waals surface area contributed by atoms with Gasteiger partial charge in [-0.1, -0.05) is 0 Å². The molecule has 0 unspecified atom stereocenters. The molecule has 0 saturated carbocycles. The summed E-state index contributed by atoms with van der Waals surface area (Å²) in [6.45, 7) is 5.79. The third-order valence-corrected chi connectivity index (χ3v) is 5.18. The van der Waals surface area contributed by atoms with Gasteiger partial charge in [0.1, 0.15) is 19.0 Å². The number of nitrogens with one attached hydrogen (secondary N) is 1. The summed E-state index contributed by atoms with van der Waals surface area (Å²) in [5.74, 6) is 2.99. The lowest BCUT2D eigenvalue weighted by Crippen LogP contribution is -2.37. The van der Waals surface area contributed by atoms with E-state index < -0.39 is 0 Å².